The van der Waals surface area contributed by atoms with Crippen LogP contribution < -0.4 is 15.4 Å². The first-order chi connectivity index (χ1) is 11.7. The summed E-state index contributed by atoms with van der Waals surface area (Å²) in [6.07, 6.45) is 2.03. The van der Waals surface area contributed by atoms with Gasteiger partial charge in [0.25, 0.3) is 0 Å². The predicted molar refractivity (Wildman–Crippen MR) is 105 cm³/mol. The lowest BCUT2D eigenvalue weighted by Gasteiger charge is -2.21. The molecule has 4 nitrogen and oxygen atoms in total. The van der Waals surface area contributed by atoms with Gasteiger partial charge in [0.05, 0.1) is 13.0 Å². The Labute approximate surface area is 159 Å². The molecule has 2 N–H and O–H groups in total. The summed E-state index contributed by atoms with van der Waals surface area (Å²) in [6, 6.07) is 16.0. The van der Waals surface area contributed by atoms with Crippen LogP contribution in [-0.2, 0) is 4.79 Å². The summed E-state index contributed by atoms with van der Waals surface area (Å²) in [7, 11) is 1.67. The zero-order valence-electron chi connectivity index (χ0n) is 14.2. The van der Waals surface area contributed by atoms with E-state index in [0.717, 1.165) is 47.2 Å². The van der Waals surface area contributed by atoms with Crippen molar-refractivity contribution in [3.05, 3.63) is 48.5 Å². The molecule has 25 heavy (non-hydrogen) atoms. The molecule has 0 bridgehead atoms. The largest absolute Gasteiger partial charge is 0.497 e. The van der Waals surface area contributed by atoms with Crippen molar-refractivity contribution in [2.45, 2.75) is 22.6 Å². The second-order valence-corrected chi connectivity index (χ2v) is 6.98. The average molecular weight is 379 g/mol. The molecular formula is C19H23ClN2O2S. The summed E-state index contributed by atoms with van der Waals surface area (Å²) in [5.41, 5.74) is 0.852. The monoisotopic (exact) mass is 378 g/mol. The minimum absolute atomic E-state index is 0. The van der Waals surface area contributed by atoms with Crippen molar-refractivity contribution in [3.63, 3.8) is 0 Å². The Kier molecular flexibility index (Phi) is 7.62. The van der Waals surface area contributed by atoms with E-state index in [2.05, 4.69) is 10.6 Å². The molecule has 1 aliphatic heterocycles. The molecule has 1 amide bonds. The fraction of sp³-hybridized carbons (Fsp3) is 0.316. The number of piperidine rings is 1. The van der Waals surface area contributed by atoms with Crippen molar-refractivity contribution in [1.82, 2.24) is 5.32 Å². The van der Waals surface area contributed by atoms with Crippen LogP contribution in [0.2, 0.25) is 0 Å². The number of nitrogens with one attached hydrogen (secondary N) is 2. The molecule has 134 valence electrons. The van der Waals surface area contributed by atoms with Crippen molar-refractivity contribution in [1.29, 1.82) is 0 Å². The van der Waals surface area contributed by atoms with E-state index in [-0.39, 0.29) is 24.2 Å². The zero-order chi connectivity index (χ0) is 16.8. The number of hydrogen-bond acceptors (Lipinski definition) is 4. The predicted octanol–water partition coefficient (Wildman–Crippen LogP) is 4.21. The molecule has 0 saturated carbocycles. The van der Waals surface area contributed by atoms with Crippen molar-refractivity contribution >= 4 is 35.8 Å². The van der Waals surface area contributed by atoms with Gasteiger partial charge < -0.3 is 15.4 Å². The van der Waals surface area contributed by atoms with Crippen LogP contribution in [0.3, 0.4) is 0 Å². The highest BCUT2D eigenvalue weighted by atomic mass is 35.5. The van der Waals surface area contributed by atoms with E-state index in [0.29, 0.717) is 0 Å². The summed E-state index contributed by atoms with van der Waals surface area (Å²) in [5.74, 6) is 1.04. The maximum Gasteiger partial charge on any atom is 0.228 e. The number of rotatable bonds is 5. The van der Waals surface area contributed by atoms with E-state index in [9.17, 15) is 4.79 Å². The molecule has 3 rings (SSSR count). The smallest absolute Gasteiger partial charge is 0.228 e. The number of methoxy groups -OCH3 is 1. The number of carbonyl (C=O) groups excluding carboxylic acids is 1. The van der Waals surface area contributed by atoms with Crippen LogP contribution in [0.15, 0.2) is 58.3 Å². The maximum absolute atomic E-state index is 12.2. The molecule has 0 spiro atoms. The fourth-order valence-electron chi connectivity index (χ4n) is 2.71. The number of ether oxygens (including phenoxy) is 1. The number of hydrogen-bond donors (Lipinski definition) is 2. The molecule has 1 saturated heterocycles. The molecular weight excluding hydrogens is 356 g/mol. The van der Waals surface area contributed by atoms with E-state index in [1.165, 1.54) is 0 Å². The Morgan fingerprint density at radius 2 is 1.76 bits per heavy atom. The van der Waals surface area contributed by atoms with Gasteiger partial charge in [0.2, 0.25) is 5.91 Å². The Balaban J connectivity index is 0.00000225. The molecule has 2 aromatic rings. The van der Waals surface area contributed by atoms with E-state index in [1.54, 1.807) is 18.9 Å². The third kappa shape index (κ3) is 5.66. The van der Waals surface area contributed by atoms with Gasteiger partial charge in [-0.3, -0.25) is 4.79 Å². The highest BCUT2D eigenvalue weighted by molar-refractivity contribution is 7.99. The second-order valence-electron chi connectivity index (χ2n) is 5.83. The third-order valence-corrected chi connectivity index (χ3v) is 5.10. The summed E-state index contributed by atoms with van der Waals surface area (Å²) < 4.78 is 5.17. The number of amides is 1. The van der Waals surface area contributed by atoms with Crippen molar-refractivity contribution in [2.24, 2.45) is 5.92 Å². The Hall–Kier alpha value is -1.69. The highest BCUT2D eigenvalue weighted by Crippen LogP contribution is 2.29. The Bertz CT molecular complexity index is 671. The SMILES string of the molecule is COc1ccc(Sc2ccc(NC(=O)C3CCCNC3)cc2)cc1.Cl. The first-order valence-electron chi connectivity index (χ1n) is 8.18. The standard InChI is InChI=1S/C19H22N2O2S.ClH/c1-23-16-6-10-18(11-7-16)24-17-8-4-15(5-9-17)21-19(22)14-3-2-12-20-13-14;/h4-11,14,20H,2-3,12-13H2,1H3,(H,21,22);1H. The minimum atomic E-state index is 0. The molecule has 1 fully saturated rings. The maximum atomic E-state index is 12.2. The topological polar surface area (TPSA) is 50.4 Å². The number of carbonyl (C=O) groups is 1. The van der Waals surface area contributed by atoms with Gasteiger partial charge in [-0.25, -0.2) is 0 Å². The van der Waals surface area contributed by atoms with Gasteiger partial charge in [-0.2, -0.15) is 0 Å². The van der Waals surface area contributed by atoms with E-state index in [4.69, 9.17) is 4.74 Å². The normalized spacial score (nSPS) is 16.6. The summed E-state index contributed by atoms with van der Waals surface area (Å²) in [4.78, 5) is 14.5. The summed E-state index contributed by atoms with van der Waals surface area (Å²) >= 11 is 1.68. The van der Waals surface area contributed by atoms with Crippen LogP contribution in [0.5, 0.6) is 5.75 Å². The van der Waals surface area contributed by atoms with Crippen LogP contribution in [-0.4, -0.2) is 26.1 Å². The lowest BCUT2D eigenvalue weighted by molar-refractivity contribution is -0.120. The molecule has 0 aliphatic carbocycles. The van der Waals surface area contributed by atoms with Gasteiger partial charge in [-0.15, -0.1) is 12.4 Å². The van der Waals surface area contributed by atoms with E-state index >= 15 is 0 Å². The first-order valence-corrected chi connectivity index (χ1v) is 9.00. The molecule has 1 aliphatic rings. The second kappa shape index (κ2) is 9.70. The Morgan fingerprint density at radius 1 is 1.12 bits per heavy atom. The van der Waals surface area contributed by atoms with Crippen LogP contribution in [0.4, 0.5) is 5.69 Å². The van der Waals surface area contributed by atoms with Crippen LogP contribution in [0, 0.1) is 5.92 Å². The van der Waals surface area contributed by atoms with Gasteiger partial charge in [0, 0.05) is 22.0 Å². The molecule has 6 heteroatoms. The van der Waals surface area contributed by atoms with Crippen LogP contribution >= 0.6 is 24.2 Å². The minimum Gasteiger partial charge on any atom is -0.497 e. The van der Waals surface area contributed by atoms with Gasteiger partial charge >= 0.3 is 0 Å². The molecule has 1 unspecified atom stereocenters. The van der Waals surface area contributed by atoms with Gasteiger partial charge in [0.1, 0.15) is 5.75 Å². The first kappa shape index (κ1) is 19.6. The number of benzene rings is 2. The summed E-state index contributed by atoms with van der Waals surface area (Å²) in [6.45, 7) is 1.79. The number of anilines is 1. The molecule has 2 aromatic carbocycles. The average Bonchev–Trinajstić information content (AvgIpc) is 2.65. The Morgan fingerprint density at radius 3 is 2.32 bits per heavy atom. The zero-order valence-corrected chi connectivity index (χ0v) is 15.8. The van der Waals surface area contributed by atoms with Crippen LogP contribution in [0.1, 0.15) is 12.8 Å². The van der Waals surface area contributed by atoms with Crippen molar-refractivity contribution < 1.29 is 9.53 Å². The van der Waals surface area contributed by atoms with E-state index < -0.39 is 0 Å². The number of halogens is 1. The summed E-state index contributed by atoms with van der Waals surface area (Å²) in [5, 5.41) is 6.29. The van der Waals surface area contributed by atoms with Gasteiger partial charge in [-0.1, -0.05) is 11.8 Å². The lowest BCUT2D eigenvalue weighted by atomic mass is 9.99. The van der Waals surface area contributed by atoms with Gasteiger partial charge in [-0.05, 0) is 67.9 Å². The van der Waals surface area contributed by atoms with Gasteiger partial charge in [0.15, 0.2) is 0 Å². The van der Waals surface area contributed by atoms with Crippen molar-refractivity contribution in [2.75, 3.05) is 25.5 Å². The van der Waals surface area contributed by atoms with Crippen molar-refractivity contribution in [3.8, 4) is 5.75 Å². The fourth-order valence-corrected chi connectivity index (χ4v) is 3.52. The third-order valence-electron chi connectivity index (χ3n) is 4.08. The van der Waals surface area contributed by atoms with E-state index in [1.807, 2.05) is 48.5 Å². The molecule has 0 radical (unpaired) electrons. The lowest BCUT2D eigenvalue weighted by Crippen LogP contribution is -2.37. The molecule has 1 heterocycles. The quantitative estimate of drug-likeness (QED) is 0.818. The molecule has 1 atom stereocenters. The van der Waals surface area contributed by atoms with Crippen LogP contribution in [0.25, 0.3) is 0 Å². The highest BCUT2D eigenvalue weighted by Gasteiger charge is 2.20. The molecule has 0 aromatic heterocycles.